The quantitative estimate of drug-likeness (QED) is 0.516. The van der Waals surface area contributed by atoms with Gasteiger partial charge < -0.3 is 9.64 Å². The third-order valence-corrected chi connectivity index (χ3v) is 4.13. The highest BCUT2D eigenvalue weighted by atomic mass is 19.4. The lowest BCUT2D eigenvalue weighted by molar-refractivity contribution is -0.139. The molecule has 0 amide bonds. The predicted octanol–water partition coefficient (Wildman–Crippen LogP) is 5.78. The molecule has 27 heavy (non-hydrogen) atoms. The fourth-order valence-electron chi connectivity index (χ4n) is 2.68. The van der Waals surface area contributed by atoms with Crippen LogP contribution in [0.1, 0.15) is 51.2 Å². The van der Waals surface area contributed by atoms with Crippen LogP contribution in [0, 0.1) is 0 Å². The molecule has 0 unspecified atom stereocenters. The van der Waals surface area contributed by atoms with Crippen molar-refractivity contribution in [3.05, 3.63) is 41.6 Å². The highest BCUT2D eigenvalue weighted by molar-refractivity contribution is 5.58. The van der Waals surface area contributed by atoms with Crippen molar-refractivity contribution in [2.75, 3.05) is 18.1 Å². The van der Waals surface area contributed by atoms with Crippen LogP contribution in [0.15, 0.2) is 30.5 Å². The van der Waals surface area contributed by atoms with Gasteiger partial charge in [-0.1, -0.05) is 38.8 Å². The van der Waals surface area contributed by atoms with Crippen LogP contribution in [0.2, 0.25) is 0 Å². The minimum absolute atomic E-state index is 0.188. The van der Waals surface area contributed by atoms with Crippen molar-refractivity contribution >= 4 is 11.6 Å². The number of benzene rings is 1. The Kier molecular flexibility index (Phi) is 7.45. The summed E-state index contributed by atoms with van der Waals surface area (Å²) in [6.45, 7) is 6.67. The van der Waals surface area contributed by atoms with E-state index in [2.05, 4.69) is 16.9 Å². The Hall–Kier alpha value is -2.31. The monoisotopic (exact) mass is 381 g/mol. The second-order valence-electron chi connectivity index (χ2n) is 6.25. The van der Waals surface area contributed by atoms with Gasteiger partial charge >= 0.3 is 6.18 Å². The van der Waals surface area contributed by atoms with E-state index in [0.29, 0.717) is 13.0 Å². The van der Waals surface area contributed by atoms with Gasteiger partial charge in [0.15, 0.2) is 0 Å². The largest absolute Gasteiger partial charge is 0.477 e. The van der Waals surface area contributed by atoms with Crippen molar-refractivity contribution in [2.24, 2.45) is 0 Å². The molecule has 1 heterocycles. The summed E-state index contributed by atoms with van der Waals surface area (Å²) in [5, 5.41) is 0. The molecule has 2 aromatic rings. The molecule has 148 valence electrons. The Morgan fingerprint density at radius 1 is 1.04 bits per heavy atom. The fraction of sp³-hybridized carbons (Fsp3) is 0.500. The number of alkyl halides is 3. The first-order valence-corrected chi connectivity index (χ1v) is 9.34. The second kappa shape index (κ2) is 9.58. The molecule has 0 aliphatic heterocycles. The summed E-state index contributed by atoms with van der Waals surface area (Å²) >= 11 is 0. The van der Waals surface area contributed by atoms with Gasteiger partial charge in [0, 0.05) is 18.4 Å². The number of rotatable bonds is 9. The van der Waals surface area contributed by atoms with Crippen molar-refractivity contribution in [3.8, 4) is 5.88 Å². The summed E-state index contributed by atoms with van der Waals surface area (Å²) in [7, 11) is 0. The smallest absolute Gasteiger partial charge is 0.423 e. The van der Waals surface area contributed by atoms with E-state index in [1.54, 1.807) is 4.90 Å². The standard InChI is InChI=1S/C20H26F3N3O/c1-4-7-13-27-18-17(20(21,22)23)14-24-19(25-18)26(6-3)16-11-9-15(8-5-2)10-12-16/h9-12,14H,4-8,13H2,1-3H3. The van der Waals surface area contributed by atoms with Gasteiger partial charge in [-0.3, -0.25) is 0 Å². The SMILES string of the molecule is CCCCOc1nc(N(CC)c2ccc(CCC)cc2)ncc1C(F)(F)F. The van der Waals surface area contributed by atoms with E-state index in [1.807, 2.05) is 38.1 Å². The van der Waals surface area contributed by atoms with E-state index in [4.69, 9.17) is 4.74 Å². The number of ether oxygens (including phenoxy) is 1. The van der Waals surface area contributed by atoms with Crippen LogP contribution in [0.4, 0.5) is 24.8 Å². The molecule has 0 saturated carbocycles. The summed E-state index contributed by atoms with van der Waals surface area (Å²) in [6.07, 6.45) is -0.232. The number of nitrogens with zero attached hydrogens (tertiary/aromatic N) is 3. The second-order valence-corrected chi connectivity index (χ2v) is 6.25. The van der Waals surface area contributed by atoms with Crippen molar-refractivity contribution in [1.82, 2.24) is 9.97 Å². The topological polar surface area (TPSA) is 38.2 Å². The predicted molar refractivity (Wildman–Crippen MR) is 101 cm³/mol. The molecule has 0 saturated heterocycles. The van der Waals surface area contributed by atoms with Gasteiger partial charge in [-0.15, -0.1) is 0 Å². The zero-order valence-corrected chi connectivity index (χ0v) is 16.0. The Labute approximate surface area is 158 Å². The van der Waals surface area contributed by atoms with Crippen molar-refractivity contribution < 1.29 is 17.9 Å². The molecule has 2 rings (SSSR count). The molecule has 0 aliphatic carbocycles. The Balaban J connectivity index is 2.34. The van der Waals surface area contributed by atoms with E-state index in [9.17, 15) is 13.2 Å². The molecule has 0 bridgehead atoms. The molecule has 4 nitrogen and oxygen atoms in total. The van der Waals surface area contributed by atoms with Crippen molar-refractivity contribution in [3.63, 3.8) is 0 Å². The van der Waals surface area contributed by atoms with Crippen LogP contribution in [-0.4, -0.2) is 23.1 Å². The molecule has 1 aromatic heterocycles. The number of aryl methyl sites for hydroxylation is 1. The molecule has 0 fully saturated rings. The van der Waals surface area contributed by atoms with Gasteiger partial charge in [0.05, 0.1) is 6.61 Å². The number of anilines is 2. The summed E-state index contributed by atoms with van der Waals surface area (Å²) in [5.74, 6) is -0.220. The summed E-state index contributed by atoms with van der Waals surface area (Å²) in [6, 6.07) is 7.91. The minimum Gasteiger partial charge on any atom is -0.477 e. The highest BCUT2D eigenvalue weighted by Crippen LogP contribution is 2.36. The number of hydrogen-bond donors (Lipinski definition) is 0. The van der Waals surface area contributed by atoms with Gasteiger partial charge in [-0.2, -0.15) is 18.2 Å². The highest BCUT2D eigenvalue weighted by Gasteiger charge is 2.36. The van der Waals surface area contributed by atoms with E-state index in [1.165, 1.54) is 5.56 Å². The third kappa shape index (κ3) is 5.58. The molecule has 7 heteroatoms. The third-order valence-electron chi connectivity index (χ3n) is 4.13. The Bertz CT molecular complexity index is 717. The molecule has 0 aliphatic rings. The lowest BCUT2D eigenvalue weighted by Crippen LogP contribution is -2.21. The molecule has 0 N–H and O–H groups in total. The van der Waals surface area contributed by atoms with Crippen LogP contribution in [0.25, 0.3) is 0 Å². The van der Waals surface area contributed by atoms with Crippen LogP contribution in [0.3, 0.4) is 0 Å². The first-order valence-electron chi connectivity index (χ1n) is 9.34. The molecular weight excluding hydrogens is 355 g/mol. The van der Waals surface area contributed by atoms with Crippen LogP contribution >= 0.6 is 0 Å². The maximum absolute atomic E-state index is 13.2. The maximum Gasteiger partial charge on any atom is 0.423 e. The van der Waals surface area contributed by atoms with Gasteiger partial charge in [0.2, 0.25) is 11.8 Å². The molecule has 0 atom stereocenters. The lowest BCUT2D eigenvalue weighted by Gasteiger charge is -2.22. The average Bonchev–Trinajstić information content (AvgIpc) is 2.63. The number of aromatic nitrogens is 2. The van der Waals surface area contributed by atoms with E-state index in [-0.39, 0.29) is 12.6 Å². The van der Waals surface area contributed by atoms with Crippen molar-refractivity contribution in [1.29, 1.82) is 0 Å². The number of halogens is 3. The molecule has 0 radical (unpaired) electrons. The molecule has 0 spiro atoms. The van der Waals surface area contributed by atoms with Gasteiger partial charge in [0.1, 0.15) is 5.56 Å². The number of unbranched alkanes of at least 4 members (excludes halogenated alkanes) is 1. The van der Waals surface area contributed by atoms with Crippen LogP contribution in [0.5, 0.6) is 5.88 Å². The van der Waals surface area contributed by atoms with E-state index in [0.717, 1.165) is 31.1 Å². The zero-order chi connectivity index (χ0) is 19.9. The van der Waals surface area contributed by atoms with Gasteiger partial charge in [-0.05, 0) is 37.5 Å². The van der Waals surface area contributed by atoms with Gasteiger partial charge in [0.25, 0.3) is 0 Å². The van der Waals surface area contributed by atoms with E-state index < -0.39 is 17.6 Å². The van der Waals surface area contributed by atoms with Crippen molar-refractivity contribution in [2.45, 2.75) is 52.6 Å². The lowest BCUT2D eigenvalue weighted by atomic mass is 10.1. The van der Waals surface area contributed by atoms with Crippen LogP contribution < -0.4 is 9.64 Å². The van der Waals surface area contributed by atoms with E-state index >= 15 is 0 Å². The average molecular weight is 381 g/mol. The zero-order valence-electron chi connectivity index (χ0n) is 16.0. The first kappa shape index (κ1) is 21.0. The molecule has 1 aromatic carbocycles. The van der Waals surface area contributed by atoms with Crippen LogP contribution in [-0.2, 0) is 12.6 Å². The normalized spacial score (nSPS) is 11.5. The minimum atomic E-state index is -4.56. The molecular formula is C20H26F3N3O. The summed E-state index contributed by atoms with van der Waals surface area (Å²) in [5.41, 5.74) is 1.10. The van der Waals surface area contributed by atoms with Gasteiger partial charge in [-0.25, -0.2) is 4.98 Å². The first-order chi connectivity index (χ1) is 12.9. The Morgan fingerprint density at radius 3 is 2.30 bits per heavy atom. The fourth-order valence-corrected chi connectivity index (χ4v) is 2.68. The Morgan fingerprint density at radius 2 is 1.74 bits per heavy atom. The maximum atomic E-state index is 13.2. The summed E-state index contributed by atoms with van der Waals surface area (Å²) < 4.78 is 45.0. The summed E-state index contributed by atoms with van der Waals surface area (Å²) in [4.78, 5) is 9.81. The number of hydrogen-bond acceptors (Lipinski definition) is 4.